The number of hydrogen-bond donors (Lipinski definition) is 2. The molecule has 2 rings (SSSR count). The summed E-state index contributed by atoms with van der Waals surface area (Å²) in [5, 5.41) is 10.8. The summed E-state index contributed by atoms with van der Waals surface area (Å²) in [7, 11) is -4.55. The Bertz CT molecular complexity index is 545. The zero-order chi connectivity index (χ0) is 18.0. The molecule has 0 amide bonds. The fourth-order valence-corrected chi connectivity index (χ4v) is 5.17. The Balaban J connectivity index is 1.92. The average molecular weight is 362 g/mol. The topological polar surface area (TPSA) is 101 Å². The van der Waals surface area contributed by atoms with E-state index in [0.717, 1.165) is 25.7 Å². The molecule has 0 radical (unpaired) electrons. The Morgan fingerprint density at radius 2 is 1.88 bits per heavy atom. The lowest BCUT2D eigenvalue weighted by Gasteiger charge is -2.44. The third kappa shape index (κ3) is 4.29. The van der Waals surface area contributed by atoms with Gasteiger partial charge < -0.3 is 9.84 Å². The van der Waals surface area contributed by atoms with Gasteiger partial charge in [0, 0.05) is 6.42 Å². The lowest BCUT2D eigenvalue weighted by atomic mass is 9.65. The molecule has 6 nitrogen and oxygen atoms in total. The van der Waals surface area contributed by atoms with Crippen molar-refractivity contribution in [3.8, 4) is 0 Å². The third-order valence-electron chi connectivity index (χ3n) is 5.76. The molecule has 7 heteroatoms. The predicted octanol–water partition coefficient (Wildman–Crippen LogP) is 2.70. The van der Waals surface area contributed by atoms with E-state index >= 15 is 0 Å². The fourth-order valence-electron chi connectivity index (χ4n) is 4.44. The number of fused-ring (bicyclic) bond motifs is 2. The number of carbonyl (C=O) groups excluding carboxylic acids is 1. The van der Waals surface area contributed by atoms with Crippen LogP contribution in [0.25, 0.3) is 0 Å². The van der Waals surface area contributed by atoms with Crippen molar-refractivity contribution in [2.24, 2.45) is 11.8 Å². The molecule has 2 aliphatic carbocycles. The standard InChI is InChI=1S/C17H30O6S/c1-3-7-16(2,24(20,21)22)15(18)23-9-8-17(19)11-13-5-4-6-14(10-13)12-17/h13-14,19H,3-12H2,1-2H3,(H,20,21,22). The first-order chi connectivity index (χ1) is 11.1. The maximum absolute atomic E-state index is 12.2. The number of carbonyl (C=O) groups is 1. The van der Waals surface area contributed by atoms with Crippen LogP contribution in [-0.4, -0.2) is 41.0 Å². The summed E-state index contributed by atoms with van der Waals surface area (Å²) in [5.41, 5.74) is -0.826. The number of rotatable bonds is 7. The van der Waals surface area contributed by atoms with Gasteiger partial charge in [-0.2, -0.15) is 8.42 Å². The monoisotopic (exact) mass is 362 g/mol. The highest BCUT2D eigenvalue weighted by molar-refractivity contribution is 7.88. The van der Waals surface area contributed by atoms with Crippen molar-refractivity contribution in [3.05, 3.63) is 0 Å². The molecule has 0 aliphatic heterocycles. The van der Waals surface area contributed by atoms with E-state index in [0.29, 0.717) is 24.7 Å². The van der Waals surface area contributed by atoms with E-state index in [1.807, 2.05) is 0 Å². The average Bonchev–Trinajstić information content (AvgIpc) is 2.45. The van der Waals surface area contributed by atoms with Crippen LogP contribution in [0, 0.1) is 11.8 Å². The predicted molar refractivity (Wildman–Crippen MR) is 90.1 cm³/mol. The Hall–Kier alpha value is -0.660. The van der Waals surface area contributed by atoms with Crippen LogP contribution in [0.5, 0.6) is 0 Å². The molecule has 0 aromatic carbocycles. The van der Waals surface area contributed by atoms with Crippen molar-refractivity contribution < 1.29 is 27.6 Å². The van der Waals surface area contributed by atoms with Crippen molar-refractivity contribution in [1.82, 2.24) is 0 Å². The molecule has 140 valence electrons. The lowest BCUT2D eigenvalue weighted by Crippen LogP contribution is -2.46. The number of esters is 1. The van der Waals surface area contributed by atoms with Crippen LogP contribution in [0.2, 0.25) is 0 Å². The van der Waals surface area contributed by atoms with Crippen molar-refractivity contribution in [3.63, 3.8) is 0 Å². The van der Waals surface area contributed by atoms with Crippen LogP contribution >= 0.6 is 0 Å². The van der Waals surface area contributed by atoms with Crippen LogP contribution in [0.3, 0.4) is 0 Å². The third-order valence-corrected chi connectivity index (χ3v) is 7.27. The normalized spacial score (nSPS) is 32.8. The van der Waals surface area contributed by atoms with E-state index in [-0.39, 0.29) is 13.0 Å². The SMILES string of the molecule is CCCC(C)(C(=O)OCCC1(O)CC2CCCC(C2)C1)S(=O)(=O)O. The van der Waals surface area contributed by atoms with Crippen LogP contribution in [-0.2, 0) is 19.6 Å². The molecule has 2 bridgehead atoms. The summed E-state index contributed by atoms with van der Waals surface area (Å²) < 4.78 is 35.7. The second-order valence-electron chi connectivity index (χ2n) is 7.87. The molecule has 0 aromatic heterocycles. The molecule has 0 spiro atoms. The number of aliphatic hydroxyl groups is 1. The van der Waals surface area contributed by atoms with E-state index in [4.69, 9.17) is 4.74 Å². The second-order valence-corrected chi connectivity index (χ2v) is 9.72. The first-order valence-electron chi connectivity index (χ1n) is 8.96. The van der Waals surface area contributed by atoms with Gasteiger partial charge in [-0.1, -0.05) is 32.6 Å². The Morgan fingerprint density at radius 1 is 1.29 bits per heavy atom. The van der Waals surface area contributed by atoms with Gasteiger partial charge in [-0.25, -0.2) is 0 Å². The zero-order valence-electron chi connectivity index (χ0n) is 14.7. The molecular weight excluding hydrogens is 332 g/mol. The highest BCUT2D eigenvalue weighted by Gasteiger charge is 2.47. The van der Waals surface area contributed by atoms with Crippen LogP contribution in [0.1, 0.15) is 71.6 Å². The van der Waals surface area contributed by atoms with Gasteiger partial charge in [-0.15, -0.1) is 0 Å². The van der Waals surface area contributed by atoms with Crippen molar-refractivity contribution >= 4 is 16.1 Å². The lowest BCUT2D eigenvalue weighted by molar-refractivity contribution is -0.149. The van der Waals surface area contributed by atoms with E-state index in [2.05, 4.69) is 0 Å². The first kappa shape index (κ1) is 19.7. The zero-order valence-corrected chi connectivity index (χ0v) is 15.5. The quantitative estimate of drug-likeness (QED) is 0.533. The molecule has 2 N–H and O–H groups in total. The molecule has 0 aromatic rings. The van der Waals surface area contributed by atoms with Crippen molar-refractivity contribution in [2.75, 3.05) is 6.61 Å². The molecule has 0 heterocycles. The highest BCUT2D eigenvalue weighted by atomic mass is 32.2. The summed E-state index contributed by atoms with van der Waals surface area (Å²) in [5.74, 6) is 0.147. The first-order valence-corrected chi connectivity index (χ1v) is 10.4. The maximum Gasteiger partial charge on any atom is 0.329 e. The molecule has 2 aliphatic rings. The van der Waals surface area contributed by atoms with Crippen molar-refractivity contribution in [1.29, 1.82) is 0 Å². The number of ether oxygens (including phenoxy) is 1. The summed E-state index contributed by atoms with van der Waals surface area (Å²) in [6.45, 7) is 2.90. The van der Waals surface area contributed by atoms with Gasteiger partial charge in [0.25, 0.3) is 10.1 Å². The van der Waals surface area contributed by atoms with Crippen LogP contribution < -0.4 is 0 Å². The Kier molecular flexibility index (Phi) is 5.98. The Morgan fingerprint density at radius 3 is 2.38 bits per heavy atom. The van der Waals surface area contributed by atoms with Gasteiger partial charge in [0.1, 0.15) is 0 Å². The maximum atomic E-state index is 12.2. The molecule has 0 saturated heterocycles. The summed E-state index contributed by atoms with van der Waals surface area (Å²) in [6.07, 6.45) is 6.91. The summed E-state index contributed by atoms with van der Waals surface area (Å²) >= 11 is 0. The van der Waals surface area contributed by atoms with Gasteiger partial charge in [0.05, 0.1) is 12.2 Å². The minimum absolute atomic E-state index is 0.000910. The Labute approximate surface area is 144 Å². The second kappa shape index (κ2) is 7.30. The van der Waals surface area contributed by atoms with Gasteiger partial charge in [-0.3, -0.25) is 9.35 Å². The van der Waals surface area contributed by atoms with Crippen LogP contribution in [0.4, 0.5) is 0 Å². The van der Waals surface area contributed by atoms with E-state index in [9.17, 15) is 22.9 Å². The molecule has 3 atom stereocenters. The molecule has 24 heavy (non-hydrogen) atoms. The number of hydrogen-bond acceptors (Lipinski definition) is 5. The largest absolute Gasteiger partial charge is 0.464 e. The van der Waals surface area contributed by atoms with E-state index in [1.165, 1.54) is 19.8 Å². The van der Waals surface area contributed by atoms with Gasteiger partial charge in [0.2, 0.25) is 0 Å². The highest BCUT2D eigenvalue weighted by Crippen LogP contribution is 2.45. The molecule has 2 fully saturated rings. The minimum Gasteiger partial charge on any atom is -0.464 e. The van der Waals surface area contributed by atoms with E-state index < -0.39 is 26.4 Å². The van der Waals surface area contributed by atoms with Gasteiger partial charge in [-0.05, 0) is 44.4 Å². The van der Waals surface area contributed by atoms with E-state index in [1.54, 1.807) is 6.92 Å². The molecular formula is C17H30O6S. The summed E-state index contributed by atoms with van der Waals surface area (Å²) in [6, 6.07) is 0. The minimum atomic E-state index is -4.55. The van der Waals surface area contributed by atoms with Crippen LogP contribution in [0.15, 0.2) is 0 Å². The fraction of sp³-hybridized carbons (Fsp3) is 0.941. The smallest absolute Gasteiger partial charge is 0.329 e. The van der Waals surface area contributed by atoms with Crippen molar-refractivity contribution in [2.45, 2.75) is 82.0 Å². The van der Waals surface area contributed by atoms with Gasteiger partial charge >= 0.3 is 5.97 Å². The van der Waals surface area contributed by atoms with Gasteiger partial charge in [0.15, 0.2) is 4.75 Å². The summed E-state index contributed by atoms with van der Waals surface area (Å²) in [4.78, 5) is 12.2. The molecule has 3 unspecified atom stereocenters. The molecule has 2 saturated carbocycles.